The molecule has 5 rings (SSSR count). The van der Waals surface area contributed by atoms with Gasteiger partial charge in [-0.2, -0.15) is 0 Å². The summed E-state index contributed by atoms with van der Waals surface area (Å²) in [6.07, 6.45) is 2.19. The van der Waals surface area contributed by atoms with E-state index in [9.17, 15) is 13.9 Å². The number of halogens is 2. The zero-order valence-electron chi connectivity index (χ0n) is 20.0. The zero-order chi connectivity index (χ0) is 25.1. The maximum Gasteiger partial charge on any atom is 0.196 e. The number of aliphatic hydroxyl groups is 1. The molecule has 0 saturated carbocycles. The van der Waals surface area contributed by atoms with Crippen molar-refractivity contribution in [2.45, 2.75) is 42.7 Å². The number of aromatic nitrogens is 3. The highest BCUT2D eigenvalue weighted by molar-refractivity contribution is 7.99. The van der Waals surface area contributed by atoms with E-state index in [1.165, 1.54) is 36.0 Å². The van der Waals surface area contributed by atoms with E-state index in [0.717, 1.165) is 54.1 Å². The quantitative estimate of drug-likeness (QED) is 0.299. The topological polar surface area (TPSA) is 54.2 Å². The second kappa shape index (κ2) is 10.8. The van der Waals surface area contributed by atoms with Gasteiger partial charge in [-0.25, -0.2) is 8.78 Å². The van der Waals surface area contributed by atoms with Gasteiger partial charge in [0.05, 0.1) is 11.4 Å². The molecule has 186 valence electrons. The first kappa shape index (κ1) is 24.5. The van der Waals surface area contributed by atoms with Gasteiger partial charge in [-0.3, -0.25) is 4.57 Å². The first-order chi connectivity index (χ1) is 17.5. The van der Waals surface area contributed by atoms with Gasteiger partial charge in [-0.1, -0.05) is 43.0 Å². The molecule has 8 heteroatoms. The van der Waals surface area contributed by atoms with Crippen LogP contribution >= 0.6 is 11.8 Å². The average molecular weight is 507 g/mol. The van der Waals surface area contributed by atoms with E-state index in [0.29, 0.717) is 11.7 Å². The van der Waals surface area contributed by atoms with Crippen LogP contribution in [0.4, 0.5) is 14.5 Å². The Balaban J connectivity index is 1.51. The minimum atomic E-state index is -0.305. The summed E-state index contributed by atoms with van der Waals surface area (Å²) in [7, 11) is 0. The Morgan fingerprint density at radius 1 is 0.889 bits per heavy atom. The lowest BCUT2D eigenvalue weighted by Crippen LogP contribution is -2.21. The van der Waals surface area contributed by atoms with E-state index in [-0.39, 0.29) is 23.0 Å². The fourth-order valence-electron chi connectivity index (χ4n) is 4.52. The molecule has 1 aliphatic rings. The van der Waals surface area contributed by atoms with Crippen molar-refractivity contribution in [2.75, 3.05) is 18.0 Å². The highest BCUT2D eigenvalue weighted by Crippen LogP contribution is 2.41. The molecule has 3 aromatic carbocycles. The van der Waals surface area contributed by atoms with E-state index in [2.05, 4.69) is 50.9 Å². The molecule has 36 heavy (non-hydrogen) atoms. The van der Waals surface area contributed by atoms with Crippen molar-refractivity contribution in [1.29, 1.82) is 0 Å². The predicted octanol–water partition coefficient (Wildman–Crippen LogP) is 5.95. The molecule has 1 N–H and O–H groups in total. The number of hydrogen-bond acceptors (Lipinski definition) is 5. The van der Waals surface area contributed by atoms with Crippen LogP contribution in [0, 0.1) is 11.6 Å². The number of nitrogens with zero attached hydrogens (tertiary/aromatic N) is 4. The van der Waals surface area contributed by atoms with Crippen molar-refractivity contribution < 1.29 is 13.9 Å². The summed E-state index contributed by atoms with van der Waals surface area (Å²) in [5, 5.41) is 19.4. The smallest absolute Gasteiger partial charge is 0.196 e. The molecule has 1 unspecified atom stereocenters. The SMILES string of the molecule is CCCc1nnc(SC(c2ccc(F)cc2)c2ccc(F)cc2)n1-c1ccc(N2CCC(O)C2)cc1. The first-order valence-corrected chi connectivity index (χ1v) is 13.0. The summed E-state index contributed by atoms with van der Waals surface area (Å²) in [5.41, 5.74) is 3.81. The van der Waals surface area contributed by atoms with Crippen LogP contribution in [0.5, 0.6) is 0 Å². The summed E-state index contributed by atoms with van der Waals surface area (Å²) in [6.45, 7) is 3.59. The average Bonchev–Trinajstić information content (AvgIpc) is 3.50. The van der Waals surface area contributed by atoms with Crippen LogP contribution in [-0.4, -0.2) is 39.1 Å². The number of anilines is 1. The molecular weight excluding hydrogens is 478 g/mol. The van der Waals surface area contributed by atoms with Crippen molar-refractivity contribution >= 4 is 17.4 Å². The lowest BCUT2D eigenvalue weighted by atomic mass is 10.0. The number of thioether (sulfide) groups is 1. The van der Waals surface area contributed by atoms with Crippen LogP contribution in [0.2, 0.25) is 0 Å². The van der Waals surface area contributed by atoms with Gasteiger partial charge in [0.2, 0.25) is 0 Å². The predicted molar refractivity (Wildman–Crippen MR) is 139 cm³/mol. The molecule has 1 fully saturated rings. The van der Waals surface area contributed by atoms with Crippen LogP contribution in [0.25, 0.3) is 5.69 Å². The molecular formula is C28H28F2N4OS. The van der Waals surface area contributed by atoms with Crippen molar-refractivity contribution in [3.05, 3.63) is 101 Å². The maximum atomic E-state index is 13.7. The highest BCUT2D eigenvalue weighted by atomic mass is 32.2. The Bertz CT molecular complexity index is 1250. The third-order valence-corrected chi connectivity index (χ3v) is 7.63. The van der Waals surface area contributed by atoms with E-state index in [1.807, 2.05) is 0 Å². The fraction of sp³-hybridized carbons (Fsp3) is 0.286. The van der Waals surface area contributed by atoms with Crippen LogP contribution in [0.15, 0.2) is 78.0 Å². The molecule has 0 amide bonds. The van der Waals surface area contributed by atoms with Crippen LogP contribution in [0.1, 0.15) is 42.0 Å². The monoisotopic (exact) mass is 506 g/mol. The normalized spacial score (nSPS) is 15.7. The summed E-state index contributed by atoms with van der Waals surface area (Å²) in [4.78, 5) is 2.18. The van der Waals surface area contributed by atoms with Crippen molar-refractivity contribution in [3.63, 3.8) is 0 Å². The molecule has 0 spiro atoms. The Morgan fingerprint density at radius 3 is 2.00 bits per heavy atom. The lowest BCUT2D eigenvalue weighted by Gasteiger charge is -2.20. The van der Waals surface area contributed by atoms with Gasteiger partial charge in [-0.05, 0) is 72.5 Å². The molecule has 4 aromatic rings. The number of β-amino-alcohol motifs (C(OH)–C–C–N with tert-alkyl or cyclic N) is 1. The second-order valence-corrected chi connectivity index (χ2v) is 10.1. The van der Waals surface area contributed by atoms with E-state index in [4.69, 9.17) is 0 Å². The molecule has 1 atom stereocenters. The summed E-state index contributed by atoms with van der Waals surface area (Å²) >= 11 is 1.51. The van der Waals surface area contributed by atoms with Crippen LogP contribution < -0.4 is 4.90 Å². The number of aliphatic hydroxyl groups excluding tert-OH is 1. The molecule has 0 bridgehead atoms. The third-order valence-electron chi connectivity index (χ3n) is 6.38. The van der Waals surface area contributed by atoms with E-state index < -0.39 is 0 Å². The standard InChI is InChI=1S/C28H28F2N4OS/c1-2-3-26-31-32-28(34(26)24-14-12-23(13-15-24)33-17-16-25(35)18-33)36-27(19-4-8-21(29)9-5-19)20-6-10-22(30)11-7-20/h4-15,25,27,35H,2-3,16-18H2,1H3. The fourth-order valence-corrected chi connectivity index (χ4v) is 5.72. The number of benzene rings is 3. The van der Waals surface area contributed by atoms with Gasteiger partial charge in [0.25, 0.3) is 0 Å². The van der Waals surface area contributed by atoms with Gasteiger partial charge in [0.15, 0.2) is 5.16 Å². The summed E-state index contributed by atoms with van der Waals surface area (Å²) < 4.78 is 29.4. The first-order valence-electron chi connectivity index (χ1n) is 12.2. The number of aryl methyl sites for hydroxylation is 1. The molecule has 0 radical (unpaired) electrons. The molecule has 0 aliphatic carbocycles. The highest BCUT2D eigenvalue weighted by Gasteiger charge is 2.23. The van der Waals surface area contributed by atoms with E-state index in [1.54, 1.807) is 24.3 Å². The zero-order valence-corrected chi connectivity index (χ0v) is 20.8. The molecule has 1 aromatic heterocycles. The number of hydrogen-bond donors (Lipinski definition) is 1. The van der Waals surface area contributed by atoms with Gasteiger partial charge in [-0.15, -0.1) is 10.2 Å². The van der Waals surface area contributed by atoms with Gasteiger partial charge < -0.3 is 10.0 Å². The van der Waals surface area contributed by atoms with E-state index >= 15 is 0 Å². The Morgan fingerprint density at radius 2 is 1.47 bits per heavy atom. The Kier molecular flexibility index (Phi) is 7.34. The maximum absolute atomic E-state index is 13.7. The van der Waals surface area contributed by atoms with Crippen LogP contribution in [-0.2, 0) is 6.42 Å². The van der Waals surface area contributed by atoms with Gasteiger partial charge >= 0.3 is 0 Å². The van der Waals surface area contributed by atoms with Crippen molar-refractivity contribution in [3.8, 4) is 5.69 Å². The minimum Gasteiger partial charge on any atom is -0.391 e. The minimum absolute atomic E-state index is 0.228. The summed E-state index contributed by atoms with van der Waals surface area (Å²) in [5.74, 6) is 0.252. The number of rotatable bonds is 8. The molecule has 5 nitrogen and oxygen atoms in total. The Labute approximate surface area is 213 Å². The van der Waals surface area contributed by atoms with Gasteiger partial charge in [0.1, 0.15) is 17.5 Å². The van der Waals surface area contributed by atoms with Gasteiger partial charge in [0, 0.05) is 30.9 Å². The lowest BCUT2D eigenvalue weighted by molar-refractivity contribution is 0.198. The van der Waals surface area contributed by atoms with Crippen LogP contribution in [0.3, 0.4) is 0 Å². The third kappa shape index (κ3) is 5.29. The Hall–Kier alpha value is -3.23. The molecule has 1 aliphatic heterocycles. The summed E-state index contributed by atoms with van der Waals surface area (Å²) in [6, 6.07) is 21.0. The van der Waals surface area contributed by atoms with Crippen molar-refractivity contribution in [1.82, 2.24) is 14.8 Å². The second-order valence-electron chi connectivity index (χ2n) is 8.99. The van der Waals surface area contributed by atoms with Crippen molar-refractivity contribution in [2.24, 2.45) is 0 Å². The largest absolute Gasteiger partial charge is 0.391 e. The molecule has 1 saturated heterocycles. The molecule has 2 heterocycles.